The molecule has 1 aromatic heterocycles. The van der Waals surface area contributed by atoms with Crippen molar-refractivity contribution >= 4 is 17.8 Å². The van der Waals surface area contributed by atoms with E-state index in [0.29, 0.717) is 0 Å². The molecule has 2 aliphatic rings. The van der Waals surface area contributed by atoms with Crippen molar-refractivity contribution < 1.29 is 9.59 Å². The zero-order valence-electron chi connectivity index (χ0n) is 8.72. The molecule has 1 aromatic rings. The van der Waals surface area contributed by atoms with Crippen LogP contribution in [0.4, 0.5) is 5.95 Å². The number of carbonyl (C=O) groups is 2. The van der Waals surface area contributed by atoms with Gasteiger partial charge in [0.05, 0.1) is 11.8 Å². The van der Waals surface area contributed by atoms with Crippen LogP contribution in [0.15, 0.2) is 6.33 Å². The number of rotatable bonds is 1. The molecule has 1 N–H and O–H groups in total. The average molecular weight is 220 g/mol. The van der Waals surface area contributed by atoms with Gasteiger partial charge >= 0.3 is 0 Å². The smallest absolute Gasteiger partial charge is 0.240 e. The second kappa shape index (κ2) is 3.40. The second-order valence-electron chi connectivity index (χ2n) is 4.32. The molecule has 6 heteroatoms. The van der Waals surface area contributed by atoms with E-state index >= 15 is 0 Å². The Balaban J connectivity index is 1.96. The standard InChI is InChI=1S/C10H12N4O2/c15-8-6-3-1-2-4-7(6)9(16)14(8)10-11-5-12-13-10/h5-7H,1-4H2,(H,11,12,13)/t6-,7-/m0/s1. The maximum Gasteiger partial charge on any atom is 0.240 e. The van der Waals surface area contributed by atoms with Gasteiger partial charge in [0.25, 0.3) is 0 Å². The highest BCUT2D eigenvalue weighted by molar-refractivity contribution is 6.21. The van der Waals surface area contributed by atoms with Crippen molar-refractivity contribution in [2.45, 2.75) is 25.7 Å². The quantitative estimate of drug-likeness (QED) is 0.698. The first-order valence-corrected chi connectivity index (χ1v) is 5.52. The monoisotopic (exact) mass is 220 g/mol. The number of aromatic amines is 1. The molecule has 0 spiro atoms. The normalized spacial score (nSPS) is 29.6. The lowest BCUT2D eigenvalue weighted by Gasteiger charge is -2.19. The molecule has 1 aliphatic carbocycles. The van der Waals surface area contributed by atoms with Gasteiger partial charge in [0, 0.05) is 0 Å². The van der Waals surface area contributed by atoms with E-state index in [2.05, 4.69) is 15.2 Å². The fourth-order valence-corrected chi connectivity index (χ4v) is 2.68. The first-order chi connectivity index (χ1) is 7.79. The number of nitrogens with one attached hydrogen (secondary N) is 1. The molecule has 2 fully saturated rings. The van der Waals surface area contributed by atoms with Gasteiger partial charge in [-0.1, -0.05) is 12.8 Å². The summed E-state index contributed by atoms with van der Waals surface area (Å²) < 4.78 is 0. The summed E-state index contributed by atoms with van der Waals surface area (Å²) in [6.07, 6.45) is 5.01. The van der Waals surface area contributed by atoms with E-state index in [1.165, 1.54) is 6.33 Å². The fourth-order valence-electron chi connectivity index (χ4n) is 2.68. The molecule has 2 atom stereocenters. The van der Waals surface area contributed by atoms with Crippen LogP contribution in [0.3, 0.4) is 0 Å². The van der Waals surface area contributed by atoms with Crippen LogP contribution in [0.2, 0.25) is 0 Å². The average Bonchev–Trinajstić information content (AvgIpc) is 2.89. The van der Waals surface area contributed by atoms with Crippen molar-refractivity contribution in [1.82, 2.24) is 15.2 Å². The van der Waals surface area contributed by atoms with Gasteiger partial charge in [-0.25, -0.2) is 10.00 Å². The number of carbonyl (C=O) groups excluding carboxylic acids is 2. The molecule has 0 unspecified atom stereocenters. The van der Waals surface area contributed by atoms with Crippen LogP contribution in [0.25, 0.3) is 0 Å². The molecule has 2 amide bonds. The maximum atomic E-state index is 12.1. The molecule has 16 heavy (non-hydrogen) atoms. The van der Waals surface area contributed by atoms with E-state index in [0.717, 1.165) is 30.6 Å². The van der Waals surface area contributed by atoms with Crippen molar-refractivity contribution in [3.63, 3.8) is 0 Å². The minimum Gasteiger partial charge on any atom is -0.274 e. The minimum absolute atomic E-state index is 0.119. The summed E-state index contributed by atoms with van der Waals surface area (Å²) >= 11 is 0. The highest BCUT2D eigenvalue weighted by Crippen LogP contribution is 2.38. The van der Waals surface area contributed by atoms with Gasteiger partial charge in [0.2, 0.25) is 17.8 Å². The van der Waals surface area contributed by atoms with Crippen LogP contribution in [0.1, 0.15) is 25.7 Å². The molecular formula is C10H12N4O2. The fraction of sp³-hybridized carbons (Fsp3) is 0.600. The largest absolute Gasteiger partial charge is 0.274 e. The van der Waals surface area contributed by atoms with Crippen LogP contribution in [0, 0.1) is 11.8 Å². The summed E-state index contributed by atoms with van der Waals surface area (Å²) in [6, 6.07) is 0. The third kappa shape index (κ3) is 1.19. The zero-order chi connectivity index (χ0) is 11.1. The number of amides is 2. The van der Waals surface area contributed by atoms with E-state index in [1.54, 1.807) is 0 Å². The number of anilines is 1. The molecular weight excluding hydrogens is 208 g/mol. The predicted molar refractivity (Wildman–Crippen MR) is 54.3 cm³/mol. The van der Waals surface area contributed by atoms with Crippen LogP contribution < -0.4 is 4.90 Å². The van der Waals surface area contributed by atoms with Gasteiger partial charge in [-0.05, 0) is 12.8 Å². The molecule has 1 saturated carbocycles. The Bertz CT molecular complexity index is 404. The number of imide groups is 1. The Morgan fingerprint density at radius 3 is 2.31 bits per heavy atom. The van der Waals surface area contributed by atoms with Crippen molar-refractivity contribution in [2.75, 3.05) is 4.90 Å². The Kier molecular flexibility index (Phi) is 2.02. The van der Waals surface area contributed by atoms with Crippen molar-refractivity contribution in [1.29, 1.82) is 0 Å². The Morgan fingerprint density at radius 2 is 1.81 bits per heavy atom. The summed E-state index contributed by atoms with van der Waals surface area (Å²) in [5, 5.41) is 6.24. The number of nitrogens with zero attached hydrogens (tertiary/aromatic N) is 3. The van der Waals surface area contributed by atoms with Crippen LogP contribution >= 0.6 is 0 Å². The third-order valence-electron chi connectivity index (χ3n) is 3.46. The first kappa shape index (κ1) is 9.50. The van der Waals surface area contributed by atoms with E-state index in [-0.39, 0.29) is 29.6 Å². The Hall–Kier alpha value is -1.72. The first-order valence-electron chi connectivity index (χ1n) is 5.52. The molecule has 1 saturated heterocycles. The molecule has 0 bridgehead atoms. The van der Waals surface area contributed by atoms with E-state index < -0.39 is 0 Å². The summed E-state index contributed by atoms with van der Waals surface area (Å²) in [5.74, 6) is -0.250. The number of fused-ring (bicyclic) bond motifs is 1. The van der Waals surface area contributed by atoms with Gasteiger partial charge in [0.1, 0.15) is 6.33 Å². The number of H-pyrrole nitrogens is 1. The maximum absolute atomic E-state index is 12.1. The van der Waals surface area contributed by atoms with Crippen molar-refractivity contribution in [3.8, 4) is 0 Å². The summed E-state index contributed by atoms with van der Waals surface area (Å²) in [7, 11) is 0. The summed E-state index contributed by atoms with van der Waals surface area (Å²) in [4.78, 5) is 29.2. The van der Waals surface area contributed by atoms with Crippen LogP contribution in [-0.2, 0) is 9.59 Å². The van der Waals surface area contributed by atoms with Crippen molar-refractivity contribution in [2.24, 2.45) is 11.8 Å². The Labute approximate surface area is 92.0 Å². The topological polar surface area (TPSA) is 79.0 Å². The Morgan fingerprint density at radius 1 is 1.19 bits per heavy atom. The molecule has 3 rings (SSSR count). The molecule has 84 valence electrons. The lowest BCUT2D eigenvalue weighted by molar-refractivity contribution is -0.122. The van der Waals surface area contributed by atoms with Gasteiger partial charge < -0.3 is 0 Å². The second-order valence-corrected chi connectivity index (χ2v) is 4.32. The lowest BCUT2D eigenvalue weighted by atomic mass is 9.81. The lowest BCUT2D eigenvalue weighted by Crippen LogP contribution is -2.31. The van der Waals surface area contributed by atoms with Crippen LogP contribution in [0.5, 0.6) is 0 Å². The summed E-state index contributed by atoms with van der Waals surface area (Å²) in [6.45, 7) is 0. The number of hydrogen-bond acceptors (Lipinski definition) is 4. The molecule has 0 radical (unpaired) electrons. The van der Waals surface area contributed by atoms with Gasteiger partial charge in [-0.15, -0.1) is 0 Å². The predicted octanol–water partition coefficient (Wildman–Crippen LogP) is 0.484. The van der Waals surface area contributed by atoms with E-state index in [4.69, 9.17) is 0 Å². The summed E-state index contributed by atoms with van der Waals surface area (Å²) in [5.41, 5.74) is 0. The molecule has 2 heterocycles. The van der Waals surface area contributed by atoms with Gasteiger partial charge in [-0.3, -0.25) is 9.59 Å². The number of hydrogen-bond donors (Lipinski definition) is 1. The molecule has 0 aromatic carbocycles. The highest BCUT2D eigenvalue weighted by atomic mass is 16.2. The van der Waals surface area contributed by atoms with Crippen molar-refractivity contribution in [3.05, 3.63) is 6.33 Å². The number of aromatic nitrogens is 3. The van der Waals surface area contributed by atoms with Gasteiger partial charge in [-0.2, -0.15) is 10.1 Å². The SMILES string of the molecule is O=C1[C@H]2CCCC[C@@H]2C(=O)N1c1ncn[nH]1. The van der Waals surface area contributed by atoms with E-state index in [9.17, 15) is 9.59 Å². The van der Waals surface area contributed by atoms with E-state index in [1.807, 2.05) is 0 Å². The molecule has 1 aliphatic heterocycles. The minimum atomic E-state index is -0.133. The van der Waals surface area contributed by atoms with Gasteiger partial charge in [0.15, 0.2) is 0 Å². The highest BCUT2D eigenvalue weighted by Gasteiger charge is 2.49. The zero-order valence-corrected chi connectivity index (χ0v) is 8.72. The molecule has 6 nitrogen and oxygen atoms in total. The third-order valence-corrected chi connectivity index (χ3v) is 3.46. The van der Waals surface area contributed by atoms with Crippen LogP contribution in [-0.4, -0.2) is 27.0 Å².